The maximum absolute atomic E-state index is 5.85. The zero-order valence-electron chi connectivity index (χ0n) is 9.97. The summed E-state index contributed by atoms with van der Waals surface area (Å²) in [4.78, 5) is 4.05. The topological polar surface area (TPSA) is 73.1 Å². The van der Waals surface area contributed by atoms with Crippen molar-refractivity contribution in [3.63, 3.8) is 0 Å². The summed E-state index contributed by atoms with van der Waals surface area (Å²) in [6.07, 6.45) is 7.44. The molecule has 0 aliphatic heterocycles. The number of ether oxygens (including phenoxy) is 1. The summed E-state index contributed by atoms with van der Waals surface area (Å²) >= 11 is 1.38. The van der Waals surface area contributed by atoms with E-state index in [9.17, 15) is 0 Å². The fourth-order valence-corrected chi connectivity index (χ4v) is 2.48. The highest BCUT2D eigenvalue weighted by Crippen LogP contribution is 2.19. The number of aromatic nitrogens is 2. The Labute approximate surface area is 106 Å². The van der Waals surface area contributed by atoms with Crippen LogP contribution >= 0.6 is 11.5 Å². The molecule has 6 heteroatoms. The Morgan fingerprint density at radius 1 is 1.41 bits per heavy atom. The fraction of sp³-hybridized carbons (Fsp3) is 0.818. The number of hydrogen-bond donors (Lipinski definition) is 2. The molecule has 2 rings (SSSR count). The number of nitrogens with two attached hydrogens (primary N) is 1. The van der Waals surface area contributed by atoms with Crippen LogP contribution in [-0.4, -0.2) is 34.7 Å². The van der Waals surface area contributed by atoms with Crippen LogP contribution in [0.4, 0.5) is 5.13 Å². The van der Waals surface area contributed by atoms with Gasteiger partial charge >= 0.3 is 0 Å². The second kappa shape index (κ2) is 6.88. The molecule has 0 bridgehead atoms. The van der Waals surface area contributed by atoms with Gasteiger partial charge in [-0.15, -0.1) is 0 Å². The van der Waals surface area contributed by atoms with Crippen LogP contribution in [0.2, 0.25) is 0 Å². The molecule has 1 aromatic rings. The molecule has 0 atom stereocenters. The van der Waals surface area contributed by atoms with E-state index in [4.69, 9.17) is 10.5 Å². The van der Waals surface area contributed by atoms with Gasteiger partial charge in [-0.25, -0.2) is 4.98 Å². The molecule has 0 radical (unpaired) electrons. The van der Waals surface area contributed by atoms with E-state index in [0.29, 0.717) is 12.1 Å². The first-order valence-corrected chi connectivity index (χ1v) is 6.99. The first-order valence-electron chi connectivity index (χ1n) is 6.22. The molecule has 5 nitrogen and oxygen atoms in total. The largest absolute Gasteiger partial charge is 0.378 e. The van der Waals surface area contributed by atoms with Crippen LogP contribution in [0.1, 0.15) is 32.1 Å². The second-order valence-electron chi connectivity index (χ2n) is 4.43. The van der Waals surface area contributed by atoms with Crippen LogP contribution in [0.15, 0.2) is 6.33 Å². The number of nitrogens with zero attached hydrogens (tertiary/aromatic N) is 2. The molecule has 96 valence electrons. The van der Waals surface area contributed by atoms with Crippen LogP contribution in [0.25, 0.3) is 0 Å². The molecule has 0 unspecified atom stereocenters. The third-order valence-corrected chi connectivity index (χ3v) is 3.65. The molecule has 17 heavy (non-hydrogen) atoms. The Bertz CT molecular complexity index is 298. The summed E-state index contributed by atoms with van der Waals surface area (Å²) in [6, 6.07) is 0.397. The Morgan fingerprint density at radius 2 is 2.24 bits per heavy atom. The van der Waals surface area contributed by atoms with Crippen molar-refractivity contribution in [1.82, 2.24) is 9.36 Å². The molecular weight excluding hydrogens is 236 g/mol. The monoisotopic (exact) mass is 256 g/mol. The lowest BCUT2D eigenvalue weighted by atomic mass is 9.94. The van der Waals surface area contributed by atoms with Crippen LogP contribution in [0, 0.1) is 0 Å². The van der Waals surface area contributed by atoms with Gasteiger partial charge in [0.25, 0.3) is 0 Å². The number of rotatable bonds is 6. The van der Waals surface area contributed by atoms with E-state index < -0.39 is 0 Å². The van der Waals surface area contributed by atoms with E-state index in [1.54, 1.807) is 6.33 Å². The summed E-state index contributed by atoms with van der Waals surface area (Å²) in [7, 11) is 0. The standard InChI is InChI=1S/C11H20N4OS/c12-9-2-4-10(5-3-9)16-7-1-6-13-11-14-8-15-17-11/h8-10H,1-7,12H2,(H,13,14,15). The van der Waals surface area contributed by atoms with Crippen LogP contribution in [0.3, 0.4) is 0 Å². The maximum Gasteiger partial charge on any atom is 0.202 e. The molecule has 0 saturated heterocycles. The van der Waals surface area contributed by atoms with Crippen molar-refractivity contribution in [2.75, 3.05) is 18.5 Å². The minimum atomic E-state index is 0.397. The van der Waals surface area contributed by atoms with E-state index in [2.05, 4.69) is 14.7 Å². The average Bonchev–Trinajstić information content (AvgIpc) is 2.84. The van der Waals surface area contributed by atoms with Crippen molar-refractivity contribution < 1.29 is 4.74 Å². The van der Waals surface area contributed by atoms with Gasteiger partial charge in [-0.1, -0.05) is 0 Å². The molecule has 1 saturated carbocycles. The average molecular weight is 256 g/mol. The summed E-state index contributed by atoms with van der Waals surface area (Å²) in [5.41, 5.74) is 5.85. The Balaban J connectivity index is 1.49. The molecule has 1 aliphatic carbocycles. The number of hydrogen-bond acceptors (Lipinski definition) is 6. The SMILES string of the molecule is NC1CCC(OCCCNc2ncns2)CC1. The van der Waals surface area contributed by atoms with Gasteiger partial charge in [0.1, 0.15) is 6.33 Å². The normalized spacial score (nSPS) is 24.8. The second-order valence-corrected chi connectivity index (χ2v) is 5.21. The van der Waals surface area contributed by atoms with Gasteiger partial charge in [0.15, 0.2) is 0 Å². The van der Waals surface area contributed by atoms with E-state index >= 15 is 0 Å². The van der Waals surface area contributed by atoms with Gasteiger partial charge in [0.2, 0.25) is 5.13 Å². The molecular formula is C11H20N4OS. The summed E-state index contributed by atoms with van der Waals surface area (Å²) < 4.78 is 9.75. The summed E-state index contributed by atoms with van der Waals surface area (Å²) in [5, 5.41) is 4.10. The van der Waals surface area contributed by atoms with Gasteiger partial charge < -0.3 is 15.8 Å². The van der Waals surface area contributed by atoms with E-state index in [1.165, 1.54) is 11.5 Å². The lowest BCUT2D eigenvalue weighted by Crippen LogP contribution is -2.30. The summed E-state index contributed by atoms with van der Waals surface area (Å²) in [6.45, 7) is 1.70. The first-order chi connectivity index (χ1) is 8.34. The summed E-state index contributed by atoms with van der Waals surface area (Å²) in [5.74, 6) is 0. The van der Waals surface area contributed by atoms with Crippen LogP contribution in [0.5, 0.6) is 0 Å². The third kappa shape index (κ3) is 4.57. The molecule has 1 heterocycles. The van der Waals surface area contributed by atoms with Gasteiger partial charge in [0, 0.05) is 30.7 Å². The van der Waals surface area contributed by atoms with Crippen molar-refractivity contribution in [3.8, 4) is 0 Å². The van der Waals surface area contributed by atoms with Crippen LogP contribution < -0.4 is 11.1 Å². The molecule has 3 N–H and O–H groups in total. The van der Waals surface area contributed by atoms with E-state index in [1.807, 2.05) is 0 Å². The highest BCUT2D eigenvalue weighted by atomic mass is 32.1. The predicted molar refractivity (Wildman–Crippen MR) is 69.2 cm³/mol. The molecule has 1 aromatic heterocycles. The fourth-order valence-electron chi connectivity index (χ4n) is 2.02. The number of nitrogens with one attached hydrogen (secondary N) is 1. The van der Waals surface area contributed by atoms with Crippen molar-refractivity contribution in [2.24, 2.45) is 5.73 Å². The van der Waals surface area contributed by atoms with Gasteiger partial charge in [0.05, 0.1) is 6.10 Å². The molecule has 0 amide bonds. The molecule has 1 aliphatic rings. The van der Waals surface area contributed by atoms with Gasteiger partial charge in [-0.05, 0) is 32.1 Å². The highest BCUT2D eigenvalue weighted by Gasteiger charge is 2.18. The molecule has 1 fully saturated rings. The Hall–Kier alpha value is -0.720. The van der Waals surface area contributed by atoms with Crippen molar-refractivity contribution in [2.45, 2.75) is 44.2 Å². The lowest BCUT2D eigenvalue weighted by Gasteiger charge is -2.26. The third-order valence-electron chi connectivity index (χ3n) is 3.03. The Kier molecular flexibility index (Phi) is 5.15. The first kappa shape index (κ1) is 12.7. The highest BCUT2D eigenvalue weighted by molar-refractivity contribution is 7.09. The van der Waals surface area contributed by atoms with Crippen molar-refractivity contribution in [3.05, 3.63) is 6.33 Å². The number of anilines is 1. The van der Waals surface area contributed by atoms with Crippen molar-refractivity contribution >= 4 is 16.7 Å². The van der Waals surface area contributed by atoms with E-state index in [-0.39, 0.29) is 0 Å². The van der Waals surface area contributed by atoms with Gasteiger partial charge in [-0.3, -0.25) is 0 Å². The minimum Gasteiger partial charge on any atom is -0.378 e. The minimum absolute atomic E-state index is 0.397. The quantitative estimate of drug-likeness (QED) is 0.757. The smallest absolute Gasteiger partial charge is 0.202 e. The zero-order valence-corrected chi connectivity index (χ0v) is 10.8. The Morgan fingerprint density at radius 3 is 2.94 bits per heavy atom. The molecule has 0 spiro atoms. The van der Waals surface area contributed by atoms with Gasteiger partial charge in [-0.2, -0.15) is 4.37 Å². The molecule has 0 aromatic carbocycles. The maximum atomic E-state index is 5.85. The van der Waals surface area contributed by atoms with E-state index in [0.717, 1.165) is 50.4 Å². The van der Waals surface area contributed by atoms with Crippen molar-refractivity contribution in [1.29, 1.82) is 0 Å². The zero-order chi connectivity index (χ0) is 11.9. The lowest BCUT2D eigenvalue weighted by molar-refractivity contribution is 0.0251. The predicted octanol–water partition coefficient (Wildman–Crippen LogP) is 1.63. The van der Waals surface area contributed by atoms with Crippen LogP contribution in [-0.2, 0) is 4.74 Å².